The Kier molecular flexibility index (Phi) is 8.90. The third-order valence-corrected chi connectivity index (χ3v) is 10.7. The number of rotatable bonds is 8. The van der Waals surface area contributed by atoms with Crippen molar-refractivity contribution in [2.75, 3.05) is 61.6 Å². The van der Waals surface area contributed by atoms with E-state index in [2.05, 4.69) is 42.0 Å². The highest BCUT2D eigenvalue weighted by molar-refractivity contribution is 7.99. The molecule has 1 spiro atoms. The second kappa shape index (κ2) is 12.7. The molecule has 0 bridgehead atoms. The van der Waals surface area contributed by atoms with E-state index >= 15 is 0 Å². The number of halogens is 1. The average molecular weight is 628 g/mol. The monoisotopic (exact) mass is 627 g/mol. The van der Waals surface area contributed by atoms with Gasteiger partial charge in [-0.05, 0) is 44.7 Å². The summed E-state index contributed by atoms with van der Waals surface area (Å²) in [5.41, 5.74) is 6.05. The molecule has 43 heavy (non-hydrogen) atoms. The van der Waals surface area contributed by atoms with E-state index in [1.54, 1.807) is 31.8 Å². The van der Waals surface area contributed by atoms with Crippen molar-refractivity contribution in [2.45, 2.75) is 60.3 Å². The molecule has 0 unspecified atom stereocenters. The van der Waals surface area contributed by atoms with Crippen LogP contribution >= 0.6 is 23.4 Å². The van der Waals surface area contributed by atoms with Crippen LogP contribution in [0.15, 0.2) is 46.8 Å². The summed E-state index contributed by atoms with van der Waals surface area (Å²) in [6, 6.07) is 3.72. The van der Waals surface area contributed by atoms with Gasteiger partial charge in [0, 0.05) is 62.0 Å². The Balaban J connectivity index is 1.08. The van der Waals surface area contributed by atoms with E-state index in [0.717, 1.165) is 48.3 Å². The minimum atomic E-state index is -0.498. The van der Waals surface area contributed by atoms with E-state index < -0.39 is 5.60 Å². The zero-order chi connectivity index (χ0) is 30.0. The number of hydrogen-bond donors (Lipinski definition) is 3. The minimum absolute atomic E-state index is 0.00172. The molecule has 6 rings (SSSR count). The molecule has 3 aromatic rings. The van der Waals surface area contributed by atoms with Gasteiger partial charge in [-0.1, -0.05) is 23.4 Å². The number of nitrogens with zero attached hydrogens (tertiary/aromatic N) is 7. The molecule has 0 saturated carbocycles. The molecule has 4 N–H and O–H groups in total. The first-order chi connectivity index (χ1) is 20.8. The zero-order valence-electron chi connectivity index (χ0n) is 24.4. The maximum atomic E-state index is 9.74. The lowest BCUT2D eigenvalue weighted by molar-refractivity contribution is -0.0674. The summed E-state index contributed by atoms with van der Waals surface area (Å²) in [5, 5.41) is 14.2. The summed E-state index contributed by atoms with van der Waals surface area (Å²) in [5.74, 6) is 2.53. The van der Waals surface area contributed by atoms with E-state index in [0.29, 0.717) is 48.5 Å². The Morgan fingerprint density at radius 3 is 2.47 bits per heavy atom. The van der Waals surface area contributed by atoms with Crippen LogP contribution in [0.4, 0.5) is 23.4 Å². The predicted molar refractivity (Wildman–Crippen MR) is 166 cm³/mol. The maximum absolute atomic E-state index is 9.74. The van der Waals surface area contributed by atoms with Gasteiger partial charge in [0.15, 0.2) is 5.82 Å². The van der Waals surface area contributed by atoms with E-state index in [9.17, 15) is 5.11 Å². The van der Waals surface area contributed by atoms with Crippen molar-refractivity contribution in [3.63, 3.8) is 0 Å². The fourth-order valence-electron chi connectivity index (χ4n) is 6.12. The van der Waals surface area contributed by atoms with Gasteiger partial charge >= 0.3 is 0 Å². The first kappa shape index (κ1) is 30.2. The molecule has 0 aromatic carbocycles. The van der Waals surface area contributed by atoms with Crippen molar-refractivity contribution in [3.05, 3.63) is 41.9 Å². The number of aromatic nitrogens is 5. The second-order valence-electron chi connectivity index (χ2n) is 11.6. The fourth-order valence-corrected chi connectivity index (χ4v) is 7.14. The number of aliphatic hydroxyl groups is 1. The van der Waals surface area contributed by atoms with Gasteiger partial charge < -0.3 is 35.4 Å². The molecule has 3 fully saturated rings. The number of nitrogens with one attached hydrogen (secondary N) is 1. The molecular formula is C29H38ClN9O3S. The highest BCUT2D eigenvalue weighted by Crippen LogP contribution is 2.42. The molecule has 2 atom stereocenters. The first-order valence-corrected chi connectivity index (χ1v) is 15.8. The van der Waals surface area contributed by atoms with Crippen LogP contribution in [0.5, 0.6) is 0 Å². The SMILES string of the molecule is COC1(CO)CCN(c2nccc(Nc3nccc(Sc4cnc(N5CCC6(CC5)CO[C@@H](C)[C@H]6N)cn4)c3Cl)n2)CC1. The summed E-state index contributed by atoms with van der Waals surface area (Å²) in [6.45, 7) is 5.94. The van der Waals surface area contributed by atoms with E-state index in [-0.39, 0.29) is 24.2 Å². The number of pyridine rings is 1. The lowest BCUT2D eigenvalue weighted by Gasteiger charge is -2.41. The van der Waals surface area contributed by atoms with Crippen LogP contribution in [0.3, 0.4) is 0 Å². The van der Waals surface area contributed by atoms with Crippen molar-refractivity contribution in [2.24, 2.45) is 11.1 Å². The lowest BCUT2D eigenvalue weighted by Crippen LogP contribution is -2.50. The molecule has 3 aromatic heterocycles. The molecule has 3 saturated heterocycles. The summed E-state index contributed by atoms with van der Waals surface area (Å²) in [7, 11) is 1.64. The second-order valence-corrected chi connectivity index (χ2v) is 13.0. The van der Waals surface area contributed by atoms with Gasteiger partial charge in [0.2, 0.25) is 5.95 Å². The van der Waals surface area contributed by atoms with Gasteiger partial charge in [0.25, 0.3) is 0 Å². The van der Waals surface area contributed by atoms with Crippen molar-refractivity contribution >= 4 is 46.8 Å². The van der Waals surface area contributed by atoms with Crippen molar-refractivity contribution in [1.82, 2.24) is 24.9 Å². The molecule has 14 heteroatoms. The number of aliphatic hydroxyl groups excluding tert-OH is 1. The zero-order valence-corrected chi connectivity index (χ0v) is 26.0. The maximum Gasteiger partial charge on any atom is 0.227 e. The van der Waals surface area contributed by atoms with E-state index in [1.165, 1.54) is 11.8 Å². The van der Waals surface area contributed by atoms with Gasteiger partial charge in [-0.2, -0.15) is 4.98 Å². The summed E-state index contributed by atoms with van der Waals surface area (Å²) >= 11 is 8.21. The molecule has 0 amide bonds. The standard InChI is InChI=1S/C29H38ClN9O3S/c1-19-25(31)28(18-42-19)5-11-38(12-6-28)22-15-35-23(16-34-22)43-20-3-9-32-26(24(20)30)36-21-4-10-33-27(37-21)39-13-7-29(17-40,41-2)8-14-39/h3-4,9-10,15-16,19,25,40H,5-8,11-14,17-18,31H2,1-2H3,(H,32,33,36,37)/t19-,25+/m0/s1. The Morgan fingerprint density at radius 1 is 1.07 bits per heavy atom. The van der Waals surface area contributed by atoms with Gasteiger partial charge in [-0.25, -0.2) is 19.9 Å². The van der Waals surface area contributed by atoms with Gasteiger partial charge in [0.05, 0.1) is 42.3 Å². The summed E-state index contributed by atoms with van der Waals surface area (Å²) in [6.07, 6.45) is 10.5. The van der Waals surface area contributed by atoms with E-state index in [1.807, 2.05) is 12.3 Å². The van der Waals surface area contributed by atoms with Crippen LogP contribution in [0, 0.1) is 5.41 Å². The van der Waals surface area contributed by atoms with Gasteiger partial charge in [-0.3, -0.25) is 0 Å². The molecule has 3 aliphatic heterocycles. The third-order valence-electron chi connectivity index (χ3n) is 9.18. The number of hydrogen-bond acceptors (Lipinski definition) is 13. The van der Waals surface area contributed by atoms with Crippen molar-refractivity contribution in [1.29, 1.82) is 0 Å². The predicted octanol–water partition coefficient (Wildman–Crippen LogP) is 3.52. The number of anilines is 4. The molecule has 0 radical (unpaired) electrons. The van der Waals surface area contributed by atoms with Gasteiger partial charge in [0.1, 0.15) is 16.7 Å². The number of piperidine rings is 2. The first-order valence-electron chi connectivity index (χ1n) is 14.6. The van der Waals surface area contributed by atoms with Crippen molar-refractivity contribution < 1.29 is 14.6 Å². The smallest absolute Gasteiger partial charge is 0.227 e. The van der Waals surface area contributed by atoms with Gasteiger partial charge in [-0.15, -0.1) is 0 Å². The third kappa shape index (κ3) is 6.24. The highest BCUT2D eigenvalue weighted by atomic mass is 35.5. The van der Waals surface area contributed by atoms with E-state index in [4.69, 9.17) is 31.8 Å². The Hall–Kier alpha value is -2.81. The molecule has 3 aliphatic rings. The topological polar surface area (TPSA) is 148 Å². The molecule has 230 valence electrons. The van der Waals surface area contributed by atoms with Crippen LogP contribution in [0.25, 0.3) is 0 Å². The highest BCUT2D eigenvalue weighted by Gasteiger charge is 2.47. The van der Waals surface area contributed by atoms with Crippen LogP contribution in [-0.4, -0.2) is 94.3 Å². The Morgan fingerprint density at radius 2 is 1.81 bits per heavy atom. The number of methoxy groups -OCH3 is 1. The molecule has 12 nitrogen and oxygen atoms in total. The Labute approximate surface area is 260 Å². The summed E-state index contributed by atoms with van der Waals surface area (Å²) < 4.78 is 11.4. The van der Waals surface area contributed by atoms with Crippen molar-refractivity contribution in [3.8, 4) is 0 Å². The minimum Gasteiger partial charge on any atom is -0.393 e. The van der Waals surface area contributed by atoms with Crippen LogP contribution < -0.4 is 20.9 Å². The molecule has 6 heterocycles. The number of nitrogens with two attached hydrogens (primary N) is 1. The summed E-state index contributed by atoms with van der Waals surface area (Å²) in [4.78, 5) is 28.1. The fraction of sp³-hybridized carbons (Fsp3) is 0.552. The Bertz CT molecular complexity index is 1400. The molecular weight excluding hydrogens is 590 g/mol. The normalized spacial score (nSPS) is 23.1. The molecule has 0 aliphatic carbocycles. The van der Waals surface area contributed by atoms with Crippen LogP contribution in [0.2, 0.25) is 5.02 Å². The largest absolute Gasteiger partial charge is 0.393 e. The van der Waals surface area contributed by atoms with Crippen LogP contribution in [-0.2, 0) is 9.47 Å². The van der Waals surface area contributed by atoms with Crippen LogP contribution in [0.1, 0.15) is 32.6 Å². The lowest BCUT2D eigenvalue weighted by atomic mass is 9.73. The average Bonchev–Trinajstić information content (AvgIpc) is 3.32. The quantitative estimate of drug-likeness (QED) is 0.335. The number of ether oxygens (including phenoxy) is 2.